The van der Waals surface area contributed by atoms with Crippen LogP contribution in [0, 0.1) is 11.3 Å². The first-order valence-corrected chi connectivity index (χ1v) is 8.40. The molecule has 1 N–H and O–H groups in total. The Bertz CT molecular complexity index is 731. The lowest BCUT2D eigenvalue weighted by molar-refractivity contribution is 0.217. The average Bonchev–Trinajstić information content (AvgIpc) is 2.63. The summed E-state index contributed by atoms with van der Waals surface area (Å²) in [7, 11) is 0. The van der Waals surface area contributed by atoms with E-state index in [4.69, 9.17) is 10.00 Å². The lowest BCUT2D eigenvalue weighted by Gasteiger charge is -2.20. The molecule has 2 aromatic rings. The predicted molar refractivity (Wildman–Crippen MR) is 98.5 cm³/mol. The minimum atomic E-state index is -0.113. The van der Waals surface area contributed by atoms with Crippen LogP contribution in [0.5, 0.6) is 5.75 Å². The number of carbonyl (C=O) groups excluding carboxylic acids is 1. The van der Waals surface area contributed by atoms with Gasteiger partial charge in [-0.1, -0.05) is 30.3 Å². The van der Waals surface area contributed by atoms with Crippen LogP contribution < -0.4 is 10.1 Å². The Balaban J connectivity index is 2.03. The molecule has 0 saturated heterocycles. The van der Waals surface area contributed by atoms with Crippen LogP contribution in [0.2, 0.25) is 0 Å². The van der Waals surface area contributed by atoms with E-state index in [0.717, 1.165) is 22.6 Å². The fourth-order valence-corrected chi connectivity index (χ4v) is 2.43. The highest BCUT2D eigenvalue weighted by atomic mass is 16.5. The van der Waals surface area contributed by atoms with E-state index in [1.807, 2.05) is 62.4 Å². The summed E-state index contributed by atoms with van der Waals surface area (Å²) in [5.74, 6) is 0.728. The number of hydrogen-bond acceptors (Lipinski definition) is 3. The van der Waals surface area contributed by atoms with E-state index in [9.17, 15) is 4.79 Å². The molecule has 130 valence electrons. The summed E-state index contributed by atoms with van der Waals surface area (Å²) in [5.41, 5.74) is 2.62. The number of hydrogen-bond donors (Lipinski definition) is 1. The van der Waals surface area contributed by atoms with Gasteiger partial charge in [-0.15, -0.1) is 0 Å². The molecule has 2 rings (SSSR count). The molecule has 25 heavy (non-hydrogen) atoms. The highest BCUT2D eigenvalue weighted by molar-refractivity contribution is 5.90. The number of para-hydroxylation sites is 1. The number of urea groups is 1. The molecule has 2 aromatic carbocycles. The van der Waals surface area contributed by atoms with Crippen molar-refractivity contribution in [1.82, 2.24) is 4.90 Å². The van der Waals surface area contributed by atoms with E-state index < -0.39 is 0 Å². The Labute approximate surface area is 148 Å². The van der Waals surface area contributed by atoms with Crippen molar-refractivity contribution >= 4 is 11.7 Å². The summed E-state index contributed by atoms with van der Waals surface area (Å²) in [6.07, 6.45) is 0.389. The third-order valence-electron chi connectivity index (χ3n) is 3.91. The minimum absolute atomic E-state index is 0.113. The Kier molecular flexibility index (Phi) is 6.85. The number of ether oxygens (including phenoxy) is 1. The Morgan fingerprint density at radius 3 is 2.44 bits per heavy atom. The molecule has 5 heteroatoms. The predicted octanol–water partition coefficient (Wildman–Crippen LogP) is 4.21. The molecule has 5 nitrogen and oxygen atoms in total. The van der Waals surface area contributed by atoms with Gasteiger partial charge in [-0.2, -0.15) is 5.26 Å². The summed E-state index contributed by atoms with van der Waals surface area (Å²) < 4.78 is 5.81. The van der Waals surface area contributed by atoms with Gasteiger partial charge in [0.05, 0.1) is 12.5 Å². The van der Waals surface area contributed by atoms with E-state index in [1.54, 1.807) is 4.90 Å². The third-order valence-corrected chi connectivity index (χ3v) is 3.91. The summed E-state index contributed by atoms with van der Waals surface area (Å²) in [4.78, 5) is 14.0. The molecule has 2 amide bonds. The summed E-state index contributed by atoms with van der Waals surface area (Å²) >= 11 is 0. The van der Waals surface area contributed by atoms with E-state index in [-0.39, 0.29) is 6.03 Å². The number of nitrogens with one attached hydrogen (secondary N) is 1. The molecule has 0 bridgehead atoms. The molecular weight excluding hydrogens is 314 g/mol. The molecule has 0 heterocycles. The van der Waals surface area contributed by atoms with Crippen molar-refractivity contribution < 1.29 is 9.53 Å². The summed E-state index contributed by atoms with van der Waals surface area (Å²) in [5, 5.41) is 11.6. The van der Waals surface area contributed by atoms with E-state index in [2.05, 4.69) is 11.4 Å². The van der Waals surface area contributed by atoms with Gasteiger partial charge in [-0.25, -0.2) is 4.79 Å². The lowest BCUT2D eigenvalue weighted by Crippen LogP contribution is -2.34. The first kappa shape index (κ1) is 18.3. The van der Waals surface area contributed by atoms with Gasteiger partial charge in [-0.3, -0.25) is 0 Å². The van der Waals surface area contributed by atoms with Gasteiger partial charge in [0.25, 0.3) is 0 Å². The van der Waals surface area contributed by atoms with Gasteiger partial charge in [0.2, 0.25) is 0 Å². The average molecular weight is 337 g/mol. The zero-order valence-corrected chi connectivity index (χ0v) is 14.7. The zero-order chi connectivity index (χ0) is 18.1. The monoisotopic (exact) mass is 337 g/mol. The molecule has 0 aliphatic heterocycles. The highest BCUT2D eigenvalue weighted by Gasteiger charge is 2.11. The molecule has 0 aromatic heterocycles. The quantitative estimate of drug-likeness (QED) is 0.823. The van der Waals surface area contributed by atoms with Gasteiger partial charge in [0.15, 0.2) is 0 Å². The maximum atomic E-state index is 12.2. The first-order chi connectivity index (χ1) is 12.2. The topological polar surface area (TPSA) is 65.4 Å². The molecule has 0 aliphatic rings. The van der Waals surface area contributed by atoms with Crippen molar-refractivity contribution in [3.8, 4) is 11.8 Å². The van der Waals surface area contributed by atoms with Gasteiger partial charge >= 0.3 is 6.03 Å². The SMILES string of the molecule is CCN(CC)C(=O)Nc1ccccc1COc1ccc(CC#N)cc1. The normalized spacial score (nSPS) is 9.96. The molecule has 0 aliphatic carbocycles. The summed E-state index contributed by atoms with van der Waals surface area (Å²) in [6, 6.07) is 17.1. The Hall–Kier alpha value is -3.00. The Morgan fingerprint density at radius 2 is 1.80 bits per heavy atom. The van der Waals surface area contributed by atoms with E-state index >= 15 is 0 Å². The van der Waals surface area contributed by atoms with Gasteiger partial charge in [0.1, 0.15) is 12.4 Å². The molecular formula is C20H23N3O2. The lowest BCUT2D eigenvalue weighted by atomic mass is 10.1. The van der Waals surface area contributed by atoms with E-state index in [1.165, 1.54) is 0 Å². The highest BCUT2D eigenvalue weighted by Crippen LogP contribution is 2.19. The second kappa shape index (κ2) is 9.33. The van der Waals surface area contributed by atoms with Crippen molar-refractivity contribution in [2.24, 2.45) is 0 Å². The van der Waals surface area contributed by atoms with Crippen LogP contribution in [0.4, 0.5) is 10.5 Å². The number of nitriles is 1. The van der Waals surface area contributed by atoms with Gasteiger partial charge in [0, 0.05) is 24.3 Å². The standard InChI is InChI=1S/C20H23N3O2/c1-3-23(4-2)20(24)22-19-8-6-5-7-17(19)15-25-18-11-9-16(10-12-18)13-14-21/h5-12H,3-4,13,15H2,1-2H3,(H,22,24). The van der Waals surface area contributed by atoms with Crippen LogP contribution >= 0.6 is 0 Å². The van der Waals surface area contributed by atoms with Crippen molar-refractivity contribution in [2.75, 3.05) is 18.4 Å². The first-order valence-electron chi connectivity index (χ1n) is 8.40. The maximum Gasteiger partial charge on any atom is 0.321 e. The minimum Gasteiger partial charge on any atom is -0.489 e. The molecule has 0 unspecified atom stereocenters. The van der Waals surface area contributed by atoms with Crippen molar-refractivity contribution in [1.29, 1.82) is 5.26 Å². The number of amides is 2. The van der Waals surface area contributed by atoms with Crippen molar-refractivity contribution in [3.05, 3.63) is 59.7 Å². The van der Waals surface area contributed by atoms with Crippen LogP contribution in [0.15, 0.2) is 48.5 Å². The maximum absolute atomic E-state index is 12.2. The molecule has 0 saturated carbocycles. The molecule has 0 fully saturated rings. The number of rotatable bonds is 7. The zero-order valence-electron chi connectivity index (χ0n) is 14.7. The molecule has 0 atom stereocenters. The second-order valence-electron chi connectivity index (χ2n) is 5.53. The fraction of sp³-hybridized carbons (Fsp3) is 0.300. The van der Waals surface area contributed by atoms with Crippen LogP contribution in [-0.4, -0.2) is 24.0 Å². The van der Waals surface area contributed by atoms with Crippen molar-refractivity contribution in [3.63, 3.8) is 0 Å². The number of carbonyl (C=O) groups is 1. The fourth-order valence-electron chi connectivity index (χ4n) is 2.43. The van der Waals surface area contributed by atoms with Crippen LogP contribution in [-0.2, 0) is 13.0 Å². The van der Waals surface area contributed by atoms with Crippen LogP contribution in [0.3, 0.4) is 0 Å². The largest absolute Gasteiger partial charge is 0.489 e. The molecule has 0 radical (unpaired) electrons. The van der Waals surface area contributed by atoms with Gasteiger partial charge < -0.3 is 15.0 Å². The third kappa shape index (κ3) is 5.25. The number of anilines is 1. The second-order valence-corrected chi connectivity index (χ2v) is 5.53. The smallest absolute Gasteiger partial charge is 0.321 e. The van der Waals surface area contributed by atoms with Crippen LogP contribution in [0.1, 0.15) is 25.0 Å². The van der Waals surface area contributed by atoms with Gasteiger partial charge in [-0.05, 0) is 37.6 Å². The van der Waals surface area contributed by atoms with E-state index in [0.29, 0.717) is 26.1 Å². The Morgan fingerprint density at radius 1 is 1.12 bits per heavy atom. The number of nitrogens with zero attached hydrogens (tertiary/aromatic N) is 2. The summed E-state index contributed by atoms with van der Waals surface area (Å²) in [6.45, 7) is 5.58. The molecule has 0 spiro atoms. The van der Waals surface area contributed by atoms with Crippen molar-refractivity contribution in [2.45, 2.75) is 26.9 Å². The van der Waals surface area contributed by atoms with Crippen LogP contribution in [0.25, 0.3) is 0 Å². The number of benzene rings is 2.